The van der Waals surface area contributed by atoms with Crippen molar-refractivity contribution in [1.82, 2.24) is 4.90 Å². The summed E-state index contributed by atoms with van der Waals surface area (Å²) in [4.78, 5) is 27.8. The highest BCUT2D eigenvalue weighted by molar-refractivity contribution is 9.10. The number of hydrogen-bond acceptors (Lipinski definition) is 6. The Morgan fingerprint density at radius 1 is 1.03 bits per heavy atom. The van der Waals surface area contributed by atoms with Crippen molar-refractivity contribution in [1.29, 1.82) is 0 Å². The summed E-state index contributed by atoms with van der Waals surface area (Å²) in [5.41, 5.74) is 10.6. The lowest BCUT2D eigenvalue weighted by Gasteiger charge is -2.34. The van der Waals surface area contributed by atoms with Crippen LogP contribution in [0.4, 0.5) is 5.69 Å². The van der Waals surface area contributed by atoms with Gasteiger partial charge in [0.05, 0.1) is 30.4 Å². The number of hydrogen-bond donors (Lipinski definition) is 1. The van der Waals surface area contributed by atoms with Gasteiger partial charge in [0.15, 0.2) is 0 Å². The zero-order valence-electron chi connectivity index (χ0n) is 24.0. The van der Waals surface area contributed by atoms with Crippen LogP contribution in [-0.2, 0) is 27.2 Å². The quantitative estimate of drug-likeness (QED) is 0.148. The van der Waals surface area contributed by atoms with E-state index in [1.165, 1.54) is 37.7 Å². The monoisotopic (exact) mass is 600 g/mol. The van der Waals surface area contributed by atoms with E-state index in [0.717, 1.165) is 24.1 Å². The lowest BCUT2D eigenvalue weighted by atomic mass is 9.93. The van der Waals surface area contributed by atoms with E-state index in [1.54, 1.807) is 6.07 Å². The Labute approximate surface area is 242 Å². The maximum absolute atomic E-state index is 12.8. The minimum atomic E-state index is -0.404. The molecule has 1 aliphatic carbocycles. The molecule has 0 radical (unpaired) electrons. The number of carbonyl (C=O) groups is 2. The normalized spacial score (nSPS) is 14.9. The Balaban J connectivity index is 1.47. The van der Waals surface area contributed by atoms with Gasteiger partial charge in [-0.2, -0.15) is 0 Å². The van der Waals surface area contributed by atoms with E-state index >= 15 is 0 Å². The molecule has 3 rings (SSSR count). The predicted molar refractivity (Wildman–Crippen MR) is 161 cm³/mol. The SMILES string of the molecule is CCN(Cc1cc(C(=O)OCCCOC(=O)C(C)c2ccc(CC(C)C)cc2)cc(Br)c1N)C1CCCCC1. The molecule has 1 fully saturated rings. The third kappa shape index (κ3) is 9.35. The van der Waals surface area contributed by atoms with Crippen LogP contribution in [0.5, 0.6) is 0 Å². The Hall–Kier alpha value is -2.38. The van der Waals surface area contributed by atoms with Crippen molar-refractivity contribution < 1.29 is 19.1 Å². The number of ether oxygens (including phenoxy) is 2. The van der Waals surface area contributed by atoms with Gasteiger partial charge in [0.1, 0.15) is 0 Å². The number of halogens is 1. The molecule has 2 N–H and O–H groups in total. The van der Waals surface area contributed by atoms with E-state index in [1.807, 2.05) is 25.1 Å². The van der Waals surface area contributed by atoms with E-state index in [-0.39, 0.29) is 25.1 Å². The van der Waals surface area contributed by atoms with Gasteiger partial charge in [-0.15, -0.1) is 0 Å². The Bertz CT molecular complexity index is 1080. The number of nitrogens with zero attached hydrogens (tertiary/aromatic N) is 1. The van der Waals surface area contributed by atoms with Crippen LogP contribution in [0.2, 0.25) is 0 Å². The molecule has 1 unspecified atom stereocenters. The number of rotatable bonds is 13. The maximum Gasteiger partial charge on any atom is 0.338 e. The second-order valence-electron chi connectivity index (χ2n) is 11.1. The number of carbonyl (C=O) groups excluding carboxylic acids is 2. The number of benzene rings is 2. The van der Waals surface area contributed by atoms with Crippen LogP contribution >= 0.6 is 15.9 Å². The molecule has 0 amide bonds. The standard InChI is InChI=1S/C32H45BrN2O4/c1-5-35(28-10-7-6-8-11-28)21-27-19-26(20-29(33)30(27)34)32(37)39-17-9-16-38-31(36)23(4)25-14-12-24(13-15-25)18-22(2)3/h12-15,19-20,22-23,28H,5-11,16-18,21,34H2,1-4H3. The van der Waals surface area contributed by atoms with E-state index in [2.05, 4.69) is 53.7 Å². The average molecular weight is 602 g/mol. The summed E-state index contributed by atoms with van der Waals surface area (Å²) in [6.07, 6.45) is 7.73. The molecule has 1 saturated carbocycles. The first-order valence-electron chi connectivity index (χ1n) is 14.4. The highest BCUT2D eigenvalue weighted by Crippen LogP contribution is 2.30. The van der Waals surface area contributed by atoms with Gasteiger partial charge < -0.3 is 15.2 Å². The van der Waals surface area contributed by atoms with Crippen LogP contribution in [0.1, 0.15) is 99.2 Å². The Morgan fingerprint density at radius 3 is 2.33 bits per heavy atom. The van der Waals surface area contributed by atoms with Crippen LogP contribution in [0.25, 0.3) is 0 Å². The largest absolute Gasteiger partial charge is 0.465 e. The van der Waals surface area contributed by atoms with Gasteiger partial charge in [-0.05, 0) is 83.4 Å². The molecule has 0 heterocycles. The molecule has 2 aromatic rings. The van der Waals surface area contributed by atoms with Crippen LogP contribution in [0, 0.1) is 5.92 Å². The zero-order chi connectivity index (χ0) is 28.4. The van der Waals surface area contributed by atoms with Crippen molar-refractivity contribution in [2.75, 3.05) is 25.5 Å². The maximum atomic E-state index is 12.8. The van der Waals surface area contributed by atoms with Gasteiger partial charge in [-0.3, -0.25) is 9.69 Å². The molecule has 214 valence electrons. The fraction of sp³-hybridized carbons (Fsp3) is 0.562. The van der Waals surface area contributed by atoms with Crippen molar-refractivity contribution in [2.45, 2.75) is 91.1 Å². The highest BCUT2D eigenvalue weighted by Gasteiger charge is 2.22. The number of nitrogens with two attached hydrogens (primary N) is 1. The van der Waals surface area contributed by atoms with Crippen molar-refractivity contribution in [3.05, 3.63) is 63.1 Å². The first-order valence-corrected chi connectivity index (χ1v) is 15.2. The lowest BCUT2D eigenvalue weighted by Crippen LogP contribution is -2.36. The van der Waals surface area contributed by atoms with E-state index < -0.39 is 5.97 Å². The molecule has 39 heavy (non-hydrogen) atoms. The number of anilines is 1. The number of esters is 2. The molecule has 0 bridgehead atoms. The van der Waals surface area contributed by atoms with Gasteiger partial charge >= 0.3 is 11.9 Å². The molecule has 0 spiro atoms. The minimum Gasteiger partial charge on any atom is -0.465 e. The Morgan fingerprint density at radius 2 is 1.69 bits per heavy atom. The predicted octanol–water partition coefficient (Wildman–Crippen LogP) is 7.28. The molecular weight excluding hydrogens is 556 g/mol. The van der Waals surface area contributed by atoms with Gasteiger partial charge in [-0.25, -0.2) is 4.79 Å². The summed E-state index contributed by atoms with van der Waals surface area (Å²) in [6, 6.07) is 12.3. The molecular formula is C32H45BrN2O4. The smallest absolute Gasteiger partial charge is 0.338 e. The summed E-state index contributed by atoms with van der Waals surface area (Å²) in [6.45, 7) is 10.4. The summed E-state index contributed by atoms with van der Waals surface area (Å²) in [5.74, 6) is -0.432. The van der Waals surface area contributed by atoms with Crippen molar-refractivity contribution in [3.63, 3.8) is 0 Å². The van der Waals surface area contributed by atoms with Gasteiger partial charge in [0.2, 0.25) is 0 Å². The van der Waals surface area contributed by atoms with E-state index in [4.69, 9.17) is 15.2 Å². The zero-order valence-corrected chi connectivity index (χ0v) is 25.6. The molecule has 6 nitrogen and oxygen atoms in total. The molecule has 2 aromatic carbocycles. The first-order chi connectivity index (χ1) is 18.7. The van der Waals surface area contributed by atoms with Gasteiger partial charge in [0, 0.05) is 23.5 Å². The molecule has 1 aliphatic rings. The Kier molecular flexibility index (Phi) is 12.3. The fourth-order valence-electron chi connectivity index (χ4n) is 5.24. The third-order valence-electron chi connectivity index (χ3n) is 7.56. The summed E-state index contributed by atoms with van der Waals surface area (Å²) in [5, 5.41) is 0. The van der Waals surface area contributed by atoms with Crippen LogP contribution in [-0.4, -0.2) is 42.6 Å². The van der Waals surface area contributed by atoms with Crippen molar-refractivity contribution >= 4 is 33.6 Å². The molecule has 0 saturated heterocycles. The van der Waals surface area contributed by atoms with Crippen LogP contribution < -0.4 is 5.73 Å². The lowest BCUT2D eigenvalue weighted by molar-refractivity contribution is -0.145. The molecule has 7 heteroatoms. The third-order valence-corrected chi connectivity index (χ3v) is 8.22. The van der Waals surface area contributed by atoms with Crippen LogP contribution in [0.15, 0.2) is 40.9 Å². The molecule has 0 aliphatic heterocycles. The van der Waals surface area contributed by atoms with Gasteiger partial charge in [0.25, 0.3) is 0 Å². The second-order valence-corrected chi connectivity index (χ2v) is 12.0. The highest BCUT2D eigenvalue weighted by atomic mass is 79.9. The minimum absolute atomic E-state index is 0.172. The summed E-state index contributed by atoms with van der Waals surface area (Å²) < 4.78 is 11.6. The summed E-state index contributed by atoms with van der Waals surface area (Å²) >= 11 is 3.52. The summed E-state index contributed by atoms with van der Waals surface area (Å²) in [7, 11) is 0. The van der Waals surface area contributed by atoms with Crippen LogP contribution in [0.3, 0.4) is 0 Å². The first kappa shape index (κ1) is 31.2. The topological polar surface area (TPSA) is 81.9 Å². The van der Waals surface area contributed by atoms with Crippen molar-refractivity contribution in [3.8, 4) is 0 Å². The molecule has 0 aromatic heterocycles. The van der Waals surface area contributed by atoms with E-state index in [9.17, 15) is 9.59 Å². The van der Waals surface area contributed by atoms with Crippen molar-refractivity contribution in [2.24, 2.45) is 5.92 Å². The van der Waals surface area contributed by atoms with E-state index in [0.29, 0.717) is 40.6 Å². The van der Waals surface area contributed by atoms with Gasteiger partial charge in [-0.1, -0.05) is 64.3 Å². The fourth-order valence-corrected chi connectivity index (χ4v) is 5.74. The average Bonchev–Trinajstić information content (AvgIpc) is 2.93. The molecule has 1 atom stereocenters. The second kappa shape index (κ2) is 15.4. The number of nitrogen functional groups attached to an aromatic ring is 1.